The smallest absolute Gasteiger partial charge is 0.224 e. The molecule has 0 bridgehead atoms. The lowest BCUT2D eigenvalue weighted by Gasteiger charge is -2.22. The van der Waals surface area contributed by atoms with Gasteiger partial charge in [-0.05, 0) is 35.7 Å². The van der Waals surface area contributed by atoms with E-state index in [9.17, 15) is 9.18 Å². The standard InChI is InChI=1S/C20H23FN4O/c1-22-20(25-12-9-16-6-2-3-8-18(16)25)24-11-10-23-19(26)14-15-5-4-7-17(21)13-15/h2-8,13H,9-12,14H2,1H3,(H,22,24)(H,23,26). The zero-order valence-electron chi connectivity index (χ0n) is 14.8. The normalized spacial score (nSPS) is 13.5. The van der Waals surface area contributed by atoms with Crippen molar-refractivity contribution in [2.45, 2.75) is 12.8 Å². The number of fused-ring (bicyclic) bond motifs is 1. The van der Waals surface area contributed by atoms with Crippen LogP contribution in [-0.4, -0.2) is 38.5 Å². The number of carbonyl (C=O) groups is 1. The Kier molecular flexibility index (Phi) is 5.84. The minimum atomic E-state index is -0.327. The molecule has 6 heteroatoms. The van der Waals surface area contributed by atoms with Crippen molar-refractivity contribution >= 4 is 17.6 Å². The lowest BCUT2D eigenvalue weighted by molar-refractivity contribution is -0.120. The van der Waals surface area contributed by atoms with Crippen molar-refractivity contribution in [2.75, 3.05) is 31.6 Å². The molecule has 136 valence electrons. The molecule has 5 nitrogen and oxygen atoms in total. The second-order valence-corrected chi connectivity index (χ2v) is 6.16. The number of hydrogen-bond acceptors (Lipinski definition) is 2. The van der Waals surface area contributed by atoms with Gasteiger partial charge in [0.2, 0.25) is 5.91 Å². The van der Waals surface area contributed by atoms with Crippen LogP contribution >= 0.6 is 0 Å². The average molecular weight is 354 g/mol. The topological polar surface area (TPSA) is 56.7 Å². The Morgan fingerprint density at radius 1 is 1.15 bits per heavy atom. The Morgan fingerprint density at radius 2 is 1.96 bits per heavy atom. The number of guanidine groups is 1. The van der Waals surface area contributed by atoms with E-state index in [0.717, 1.165) is 18.9 Å². The second-order valence-electron chi connectivity index (χ2n) is 6.16. The highest BCUT2D eigenvalue weighted by Crippen LogP contribution is 2.27. The van der Waals surface area contributed by atoms with Crippen molar-refractivity contribution in [1.29, 1.82) is 0 Å². The first-order chi connectivity index (χ1) is 12.7. The van der Waals surface area contributed by atoms with Crippen LogP contribution in [0.3, 0.4) is 0 Å². The summed E-state index contributed by atoms with van der Waals surface area (Å²) in [6, 6.07) is 14.4. The molecule has 1 heterocycles. The number of nitrogens with one attached hydrogen (secondary N) is 2. The average Bonchev–Trinajstić information content (AvgIpc) is 3.06. The van der Waals surface area contributed by atoms with Gasteiger partial charge in [0.1, 0.15) is 5.82 Å². The van der Waals surface area contributed by atoms with Gasteiger partial charge in [0.05, 0.1) is 6.42 Å². The highest BCUT2D eigenvalue weighted by molar-refractivity contribution is 5.97. The van der Waals surface area contributed by atoms with Crippen molar-refractivity contribution in [3.05, 3.63) is 65.5 Å². The van der Waals surface area contributed by atoms with Gasteiger partial charge in [0, 0.05) is 32.4 Å². The van der Waals surface area contributed by atoms with Crippen LogP contribution in [0.25, 0.3) is 0 Å². The van der Waals surface area contributed by atoms with Crippen LogP contribution in [0.2, 0.25) is 0 Å². The molecule has 0 spiro atoms. The van der Waals surface area contributed by atoms with E-state index in [1.807, 2.05) is 12.1 Å². The van der Waals surface area contributed by atoms with E-state index in [2.05, 4.69) is 32.7 Å². The fourth-order valence-corrected chi connectivity index (χ4v) is 3.12. The lowest BCUT2D eigenvalue weighted by Crippen LogP contribution is -2.43. The Bertz CT molecular complexity index is 806. The molecule has 0 radical (unpaired) electrons. The third-order valence-electron chi connectivity index (χ3n) is 4.34. The van der Waals surface area contributed by atoms with Gasteiger partial charge in [0.15, 0.2) is 5.96 Å². The second kappa shape index (κ2) is 8.47. The molecule has 3 rings (SSSR count). The van der Waals surface area contributed by atoms with Gasteiger partial charge in [-0.15, -0.1) is 0 Å². The monoisotopic (exact) mass is 354 g/mol. The van der Waals surface area contributed by atoms with Crippen LogP contribution in [-0.2, 0) is 17.6 Å². The summed E-state index contributed by atoms with van der Waals surface area (Å²) < 4.78 is 13.1. The molecule has 0 fully saturated rings. The Labute approximate surface area is 152 Å². The third kappa shape index (κ3) is 4.39. The molecule has 0 aliphatic carbocycles. The molecule has 1 aliphatic heterocycles. The largest absolute Gasteiger partial charge is 0.354 e. The summed E-state index contributed by atoms with van der Waals surface area (Å²) in [5.74, 6) is 0.347. The van der Waals surface area contributed by atoms with Crippen molar-refractivity contribution in [3.63, 3.8) is 0 Å². The summed E-state index contributed by atoms with van der Waals surface area (Å²) in [5.41, 5.74) is 3.16. The number of hydrogen-bond donors (Lipinski definition) is 2. The minimum Gasteiger partial charge on any atom is -0.354 e. The number of anilines is 1. The van der Waals surface area contributed by atoms with Crippen molar-refractivity contribution in [1.82, 2.24) is 10.6 Å². The van der Waals surface area contributed by atoms with E-state index in [1.54, 1.807) is 19.2 Å². The van der Waals surface area contributed by atoms with E-state index in [1.165, 1.54) is 23.4 Å². The number of benzene rings is 2. The SMILES string of the molecule is CN=C(NCCNC(=O)Cc1cccc(F)c1)N1CCc2ccccc21. The van der Waals surface area contributed by atoms with Gasteiger partial charge >= 0.3 is 0 Å². The summed E-state index contributed by atoms with van der Waals surface area (Å²) in [7, 11) is 1.76. The zero-order valence-corrected chi connectivity index (χ0v) is 14.8. The van der Waals surface area contributed by atoms with Crippen molar-refractivity contribution < 1.29 is 9.18 Å². The van der Waals surface area contributed by atoms with Crippen LogP contribution < -0.4 is 15.5 Å². The number of carbonyl (C=O) groups excluding carboxylic acids is 1. The third-order valence-corrected chi connectivity index (χ3v) is 4.34. The minimum absolute atomic E-state index is 0.126. The van der Waals surface area contributed by atoms with E-state index in [4.69, 9.17) is 0 Å². The predicted octanol–water partition coefficient (Wildman–Crippen LogP) is 2.12. The first kappa shape index (κ1) is 17.9. The van der Waals surface area contributed by atoms with E-state index in [-0.39, 0.29) is 18.1 Å². The molecule has 0 aromatic heterocycles. The zero-order chi connectivity index (χ0) is 18.4. The van der Waals surface area contributed by atoms with E-state index < -0.39 is 0 Å². The number of aliphatic imine (C=N–C) groups is 1. The quantitative estimate of drug-likeness (QED) is 0.491. The van der Waals surface area contributed by atoms with Crippen LogP contribution in [0.5, 0.6) is 0 Å². The van der Waals surface area contributed by atoms with Crippen molar-refractivity contribution in [2.24, 2.45) is 4.99 Å². The summed E-state index contributed by atoms with van der Waals surface area (Å²) in [6.07, 6.45) is 1.17. The molecule has 26 heavy (non-hydrogen) atoms. The maximum absolute atomic E-state index is 13.1. The summed E-state index contributed by atoms with van der Waals surface area (Å²) in [5, 5.41) is 6.12. The molecular weight excluding hydrogens is 331 g/mol. The molecular formula is C20H23FN4O. The summed E-state index contributed by atoms with van der Waals surface area (Å²) >= 11 is 0. The Morgan fingerprint density at radius 3 is 2.77 bits per heavy atom. The molecule has 1 aliphatic rings. The molecule has 2 aromatic carbocycles. The van der Waals surface area contributed by atoms with Gasteiger partial charge in [0.25, 0.3) is 0 Å². The van der Waals surface area contributed by atoms with Crippen LogP contribution in [0.1, 0.15) is 11.1 Å². The molecule has 1 amide bonds. The molecule has 2 aromatic rings. The van der Waals surface area contributed by atoms with Crippen LogP contribution in [0.4, 0.5) is 10.1 Å². The van der Waals surface area contributed by atoms with E-state index >= 15 is 0 Å². The number of para-hydroxylation sites is 1. The number of rotatable bonds is 5. The summed E-state index contributed by atoms with van der Waals surface area (Å²) in [6.45, 7) is 1.94. The molecule has 0 saturated carbocycles. The molecule has 0 unspecified atom stereocenters. The highest BCUT2D eigenvalue weighted by Gasteiger charge is 2.22. The highest BCUT2D eigenvalue weighted by atomic mass is 19.1. The number of nitrogens with zero attached hydrogens (tertiary/aromatic N) is 2. The molecule has 2 N–H and O–H groups in total. The number of halogens is 1. The van der Waals surface area contributed by atoms with Crippen molar-refractivity contribution in [3.8, 4) is 0 Å². The predicted molar refractivity (Wildman–Crippen MR) is 102 cm³/mol. The maximum atomic E-state index is 13.1. The Balaban J connectivity index is 1.45. The molecule has 0 atom stereocenters. The van der Waals surface area contributed by atoms with Crippen LogP contribution in [0.15, 0.2) is 53.5 Å². The number of amides is 1. The molecule has 0 saturated heterocycles. The fourth-order valence-electron chi connectivity index (χ4n) is 3.12. The van der Waals surface area contributed by atoms with Gasteiger partial charge < -0.3 is 15.5 Å². The first-order valence-electron chi connectivity index (χ1n) is 8.74. The summed E-state index contributed by atoms with van der Waals surface area (Å²) in [4.78, 5) is 18.5. The van der Waals surface area contributed by atoms with Gasteiger partial charge in [-0.25, -0.2) is 4.39 Å². The Hall–Kier alpha value is -2.89. The lowest BCUT2D eigenvalue weighted by atomic mass is 10.1. The first-order valence-corrected chi connectivity index (χ1v) is 8.74. The maximum Gasteiger partial charge on any atom is 0.224 e. The van der Waals surface area contributed by atoms with Gasteiger partial charge in [-0.3, -0.25) is 9.79 Å². The van der Waals surface area contributed by atoms with Gasteiger partial charge in [-0.2, -0.15) is 0 Å². The van der Waals surface area contributed by atoms with E-state index in [0.29, 0.717) is 18.7 Å². The van der Waals surface area contributed by atoms with Crippen LogP contribution in [0, 0.1) is 5.82 Å². The fraction of sp³-hybridized carbons (Fsp3) is 0.300. The van der Waals surface area contributed by atoms with Gasteiger partial charge in [-0.1, -0.05) is 30.3 Å².